The SMILES string of the molecule is c1ccc(-c2cccc3sc4cc(N(c5ccccc5)c5ccc6c(c5)[C@]5(CCc7ccc(N(c8ccccc8)c8ccccc8)cc75)CC6)ccc4c23)cc1. The van der Waals surface area contributed by atoms with Gasteiger partial charge in [-0.15, -0.1) is 11.3 Å². The lowest BCUT2D eigenvalue weighted by atomic mass is 9.76. The van der Waals surface area contributed by atoms with E-state index >= 15 is 0 Å². The van der Waals surface area contributed by atoms with Crippen LogP contribution in [0, 0.1) is 0 Å². The van der Waals surface area contributed by atoms with Gasteiger partial charge in [-0.25, -0.2) is 0 Å². The van der Waals surface area contributed by atoms with Gasteiger partial charge in [0.05, 0.1) is 0 Å². The zero-order chi connectivity index (χ0) is 37.1. The third kappa shape index (κ3) is 5.38. The molecule has 3 heteroatoms. The van der Waals surface area contributed by atoms with Crippen molar-refractivity contribution in [1.29, 1.82) is 0 Å². The summed E-state index contributed by atoms with van der Waals surface area (Å²) >= 11 is 1.89. The molecule has 1 heterocycles. The van der Waals surface area contributed by atoms with Crippen molar-refractivity contribution in [3.05, 3.63) is 216 Å². The molecule has 56 heavy (non-hydrogen) atoms. The quantitative estimate of drug-likeness (QED) is 0.161. The van der Waals surface area contributed by atoms with Crippen LogP contribution in [0.2, 0.25) is 0 Å². The van der Waals surface area contributed by atoms with E-state index in [1.165, 1.54) is 87.7 Å². The van der Waals surface area contributed by atoms with Crippen molar-refractivity contribution in [3.63, 3.8) is 0 Å². The Balaban J connectivity index is 1.03. The number of aryl methyl sites for hydroxylation is 2. The molecule has 0 saturated carbocycles. The van der Waals surface area contributed by atoms with Gasteiger partial charge in [-0.05, 0) is 138 Å². The van der Waals surface area contributed by atoms with Crippen LogP contribution < -0.4 is 9.80 Å². The van der Waals surface area contributed by atoms with Gasteiger partial charge >= 0.3 is 0 Å². The summed E-state index contributed by atoms with van der Waals surface area (Å²) in [6.45, 7) is 0. The molecule has 0 N–H and O–H groups in total. The largest absolute Gasteiger partial charge is 0.310 e. The Morgan fingerprint density at radius 3 is 1.43 bits per heavy atom. The first kappa shape index (κ1) is 33.0. The van der Waals surface area contributed by atoms with Gasteiger partial charge in [0.2, 0.25) is 0 Å². The Labute approximate surface area is 332 Å². The number of rotatable bonds is 7. The second kappa shape index (κ2) is 13.4. The molecular weight excluding hydrogens is 697 g/mol. The van der Waals surface area contributed by atoms with Gasteiger partial charge in [-0.1, -0.05) is 115 Å². The van der Waals surface area contributed by atoms with Gasteiger partial charge in [0.15, 0.2) is 0 Å². The molecule has 2 nitrogen and oxygen atoms in total. The minimum Gasteiger partial charge on any atom is -0.310 e. The number of benzene rings is 8. The first-order valence-electron chi connectivity index (χ1n) is 19.8. The van der Waals surface area contributed by atoms with Gasteiger partial charge < -0.3 is 9.80 Å². The van der Waals surface area contributed by atoms with Crippen LogP contribution in [-0.4, -0.2) is 0 Å². The van der Waals surface area contributed by atoms with E-state index in [9.17, 15) is 0 Å². The van der Waals surface area contributed by atoms with Crippen LogP contribution in [0.1, 0.15) is 35.1 Å². The standard InChI is InChI=1S/C53H40N2S/c1-5-14-37(15-6-1)46-22-13-23-50-52(46)47-29-28-45(36-51(47)56-50)55(42-20-11-4-12-21-42)44-27-25-39-31-33-53(49(39)35-44)32-30-38-24-26-43(34-48(38)53)54(40-16-7-2-8-17-40)41-18-9-3-10-19-41/h1-29,34-36H,30-33H2/t53-/m1/s1. The molecule has 0 fully saturated rings. The van der Waals surface area contributed by atoms with Crippen molar-refractivity contribution in [1.82, 2.24) is 0 Å². The van der Waals surface area contributed by atoms with Crippen molar-refractivity contribution in [3.8, 4) is 11.1 Å². The maximum absolute atomic E-state index is 2.53. The number of hydrogen-bond acceptors (Lipinski definition) is 3. The van der Waals surface area contributed by atoms with Crippen molar-refractivity contribution in [2.45, 2.75) is 31.1 Å². The number of hydrogen-bond donors (Lipinski definition) is 0. The number of thiophene rings is 1. The number of nitrogens with zero attached hydrogens (tertiary/aromatic N) is 2. The summed E-state index contributed by atoms with van der Waals surface area (Å²) in [5.41, 5.74) is 15.6. The fourth-order valence-corrected chi connectivity index (χ4v) is 10.8. The highest BCUT2D eigenvalue weighted by atomic mass is 32.1. The predicted octanol–water partition coefficient (Wildman–Crippen LogP) is 14.8. The fraction of sp³-hybridized carbons (Fsp3) is 0.0943. The number of anilines is 6. The average Bonchev–Trinajstić information content (AvgIpc) is 3.95. The lowest BCUT2D eigenvalue weighted by Gasteiger charge is -2.31. The molecule has 268 valence electrons. The fourth-order valence-electron chi connectivity index (χ4n) is 9.68. The van der Waals surface area contributed by atoms with Crippen LogP contribution >= 0.6 is 11.3 Å². The molecule has 0 aliphatic heterocycles. The van der Waals surface area contributed by atoms with Crippen LogP contribution in [-0.2, 0) is 18.3 Å². The zero-order valence-corrected chi connectivity index (χ0v) is 31.9. The lowest BCUT2D eigenvalue weighted by molar-refractivity contribution is 0.507. The van der Waals surface area contributed by atoms with Crippen molar-refractivity contribution < 1.29 is 0 Å². The maximum atomic E-state index is 2.53. The van der Waals surface area contributed by atoms with Crippen LogP contribution in [0.15, 0.2) is 194 Å². The van der Waals surface area contributed by atoms with Crippen molar-refractivity contribution in [2.75, 3.05) is 9.80 Å². The molecule has 2 aliphatic carbocycles. The van der Waals surface area contributed by atoms with Crippen molar-refractivity contribution in [2.24, 2.45) is 0 Å². The van der Waals surface area contributed by atoms with E-state index in [0.717, 1.165) is 25.7 Å². The summed E-state index contributed by atoms with van der Waals surface area (Å²) in [7, 11) is 0. The molecule has 1 aromatic heterocycles. The first-order chi connectivity index (χ1) is 27.7. The van der Waals surface area contributed by atoms with Crippen LogP contribution in [0.5, 0.6) is 0 Å². The van der Waals surface area contributed by atoms with Gasteiger partial charge in [-0.2, -0.15) is 0 Å². The normalized spacial score (nSPS) is 15.6. The van der Waals surface area contributed by atoms with E-state index in [1.807, 2.05) is 11.3 Å². The van der Waals surface area contributed by atoms with Gasteiger partial charge in [0.25, 0.3) is 0 Å². The molecule has 0 saturated heterocycles. The van der Waals surface area contributed by atoms with E-state index in [0.29, 0.717) is 0 Å². The second-order valence-corrected chi connectivity index (χ2v) is 16.4. The molecule has 9 aromatic rings. The first-order valence-corrected chi connectivity index (χ1v) is 20.6. The summed E-state index contributed by atoms with van der Waals surface area (Å²) < 4.78 is 2.62. The van der Waals surface area contributed by atoms with E-state index in [2.05, 4.69) is 204 Å². The predicted molar refractivity (Wildman–Crippen MR) is 238 cm³/mol. The van der Waals surface area contributed by atoms with Crippen molar-refractivity contribution >= 4 is 65.6 Å². The molecule has 1 atom stereocenters. The van der Waals surface area contributed by atoms with Crippen LogP contribution in [0.4, 0.5) is 34.1 Å². The van der Waals surface area contributed by atoms with E-state index in [1.54, 1.807) is 0 Å². The van der Waals surface area contributed by atoms with Crippen LogP contribution in [0.3, 0.4) is 0 Å². The zero-order valence-electron chi connectivity index (χ0n) is 31.1. The smallest absolute Gasteiger partial charge is 0.0476 e. The summed E-state index contributed by atoms with van der Waals surface area (Å²) in [6.07, 6.45) is 4.48. The topological polar surface area (TPSA) is 6.48 Å². The lowest BCUT2D eigenvalue weighted by Crippen LogP contribution is -2.22. The summed E-state index contributed by atoms with van der Waals surface area (Å²) in [5.74, 6) is 0. The van der Waals surface area contributed by atoms with E-state index in [4.69, 9.17) is 0 Å². The third-order valence-electron chi connectivity index (χ3n) is 12.2. The highest BCUT2D eigenvalue weighted by molar-refractivity contribution is 7.26. The third-order valence-corrected chi connectivity index (χ3v) is 13.4. The Kier molecular flexibility index (Phi) is 7.89. The average molecular weight is 737 g/mol. The molecule has 11 rings (SSSR count). The molecule has 2 aliphatic rings. The van der Waals surface area contributed by atoms with E-state index < -0.39 is 0 Å². The van der Waals surface area contributed by atoms with E-state index in [-0.39, 0.29) is 5.41 Å². The molecule has 0 unspecified atom stereocenters. The minimum absolute atomic E-state index is 0.0125. The highest BCUT2D eigenvalue weighted by Crippen LogP contribution is 2.55. The summed E-state index contributed by atoms with van der Waals surface area (Å²) in [4.78, 5) is 4.87. The Morgan fingerprint density at radius 2 is 0.875 bits per heavy atom. The number of para-hydroxylation sites is 3. The Hall–Kier alpha value is -6.42. The van der Waals surface area contributed by atoms with Crippen LogP contribution in [0.25, 0.3) is 31.3 Å². The maximum Gasteiger partial charge on any atom is 0.0476 e. The Bertz CT molecular complexity index is 2820. The van der Waals surface area contributed by atoms with Gasteiger partial charge in [0, 0.05) is 59.7 Å². The minimum atomic E-state index is -0.0125. The molecule has 0 radical (unpaired) electrons. The summed E-state index contributed by atoms with van der Waals surface area (Å²) in [6, 6.07) is 71.6. The molecule has 8 aromatic carbocycles. The second-order valence-electron chi connectivity index (χ2n) is 15.3. The summed E-state index contributed by atoms with van der Waals surface area (Å²) in [5, 5.41) is 2.65. The molecule has 0 amide bonds. The van der Waals surface area contributed by atoms with Gasteiger partial charge in [0.1, 0.15) is 0 Å². The Morgan fingerprint density at radius 1 is 0.393 bits per heavy atom. The monoisotopic (exact) mass is 736 g/mol. The molecule has 0 bridgehead atoms. The molecular formula is C53H40N2S. The van der Waals surface area contributed by atoms with Gasteiger partial charge in [-0.3, -0.25) is 0 Å². The number of fused-ring (bicyclic) bond motifs is 7. The highest BCUT2D eigenvalue weighted by Gasteiger charge is 2.45. The molecule has 1 spiro atoms.